The van der Waals surface area contributed by atoms with Gasteiger partial charge in [0.05, 0.1) is 18.8 Å². The van der Waals surface area contributed by atoms with Crippen LogP contribution in [0.2, 0.25) is 0 Å². The minimum atomic E-state index is -1.78. The SMILES string of the molecule is CCCCCCCCCCCCCCCCCCCCCOc1ccc(C(=O)OC[C@@H](O)[C@@H](O)[C@H](O)[C@@H](O)CO)cc1. The minimum Gasteiger partial charge on any atom is -0.494 e. The van der Waals surface area contributed by atoms with Crippen LogP contribution in [0, 0.1) is 0 Å². The van der Waals surface area contributed by atoms with Crippen LogP contribution in [0.5, 0.6) is 5.75 Å². The van der Waals surface area contributed by atoms with Crippen molar-refractivity contribution in [3.8, 4) is 5.75 Å². The highest BCUT2D eigenvalue weighted by atomic mass is 16.5. The molecule has 0 heterocycles. The van der Waals surface area contributed by atoms with Crippen LogP contribution < -0.4 is 4.74 Å². The quantitative estimate of drug-likeness (QED) is 0.0579. The van der Waals surface area contributed by atoms with Crippen LogP contribution in [0.3, 0.4) is 0 Å². The smallest absolute Gasteiger partial charge is 0.338 e. The first-order valence-corrected chi connectivity index (χ1v) is 16.6. The van der Waals surface area contributed by atoms with Crippen molar-refractivity contribution in [3.05, 3.63) is 29.8 Å². The van der Waals surface area contributed by atoms with Crippen molar-refractivity contribution in [2.24, 2.45) is 0 Å². The van der Waals surface area contributed by atoms with E-state index in [0.717, 1.165) is 12.8 Å². The van der Waals surface area contributed by atoms with E-state index in [0.29, 0.717) is 12.4 Å². The van der Waals surface area contributed by atoms with E-state index >= 15 is 0 Å². The highest BCUT2D eigenvalue weighted by Crippen LogP contribution is 2.16. The third-order valence-corrected chi connectivity index (χ3v) is 7.82. The number of ether oxygens (including phenoxy) is 2. The van der Waals surface area contributed by atoms with Crippen LogP contribution in [-0.4, -0.2) is 75.7 Å². The summed E-state index contributed by atoms with van der Waals surface area (Å²) in [4.78, 5) is 12.2. The monoisotopic (exact) mass is 596 g/mol. The van der Waals surface area contributed by atoms with Gasteiger partial charge >= 0.3 is 5.97 Å². The van der Waals surface area contributed by atoms with Crippen LogP contribution in [0.25, 0.3) is 0 Å². The van der Waals surface area contributed by atoms with Crippen molar-refractivity contribution in [2.45, 2.75) is 153 Å². The fourth-order valence-electron chi connectivity index (χ4n) is 4.96. The zero-order valence-corrected chi connectivity index (χ0v) is 26.1. The van der Waals surface area contributed by atoms with Gasteiger partial charge in [0.1, 0.15) is 36.8 Å². The van der Waals surface area contributed by atoms with Crippen molar-refractivity contribution in [1.82, 2.24) is 0 Å². The predicted molar refractivity (Wildman–Crippen MR) is 167 cm³/mol. The molecule has 4 atom stereocenters. The van der Waals surface area contributed by atoms with Crippen molar-refractivity contribution >= 4 is 5.97 Å². The maximum absolute atomic E-state index is 12.2. The molecule has 0 bridgehead atoms. The first-order chi connectivity index (χ1) is 20.4. The molecule has 0 aliphatic heterocycles. The summed E-state index contributed by atoms with van der Waals surface area (Å²) in [6.45, 7) is 1.54. The van der Waals surface area contributed by atoms with Gasteiger partial charge in [-0.25, -0.2) is 4.79 Å². The van der Waals surface area contributed by atoms with E-state index in [1.807, 2.05) is 0 Å². The van der Waals surface area contributed by atoms with E-state index in [-0.39, 0.29) is 5.56 Å². The summed E-state index contributed by atoms with van der Waals surface area (Å²) in [5, 5.41) is 47.4. The lowest BCUT2D eigenvalue weighted by atomic mass is 10.0. The molecule has 42 heavy (non-hydrogen) atoms. The average molecular weight is 597 g/mol. The summed E-state index contributed by atoms with van der Waals surface area (Å²) in [6.07, 6.45) is 18.8. The van der Waals surface area contributed by atoms with E-state index in [1.165, 1.54) is 109 Å². The molecule has 0 spiro atoms. The Labute approximate surface area is 254 Å². The summed E-state index contributed by atoms with van der Waals surface area (Å²) in [7, 11) is 0. The molecule has 0 unspecified atom stereocenters. The summed E-state index contributed by atoms with van der Waals surface area (Å²) in [5.41, 5.74) is 0.253. The molecule has 5 N–H and O–H groups in total. The van der Waals surface area contributed by atoms with Crippen molar-refractivity contribution < 1.29 is 39.8 Å². The van der Waals surface area contributed by atoms with Crippen LogP contribution >= 0.6 is 0 Å². The fraction of sp³-hybridized carbons (Fsp3) is 0.794. The number of benzene rings is 1. The van der Waals surface area contributed by atoms with Gasteiger partial charge in [0.2, 0.25) is 0 Å². The first-order valence-electron chi connectivity index (χ1n) is 16.6. The Bertz CT molecular complexity index is 756. The van der Waals surface area contributed by atoms with Gasteiger partial charge in [0.15, 0.2) is 0 Å². The third kappa shape index (κ3) is 18.7. The molecular formula is C34H60O8. The van der Waals surface area contributed by atoms with Crippen LogP contribution in [-0.2, 0) is 4.74 Å². The van der Waals surface area contributed by atoms with E-state index < -0.39 is 43.6 Å². The summed E-state index contributed by atoms with van der Waals surface area (Å²) in [5.74, 6) is -0.0469. The number of hydrogen-bond acceptors (Lipinski definition) is 8. The van der Waals surface area contributed by atoms with Gasteiger partial charge < -0.3 is 35.0 Å². The number of aliphatic hydroxyl groups excluding tert-OH is 5. The van der Waals surface area contributed by atoms with E-state index in [2.05, 4.69) is 6.92 Å². The molecule has 0 aliphatic rings. The standard InChI is InChI=1S/C34H60O8/c1-2-3-4-5-6-7-8-9-10-11-12-13-14-15-16-17-18-19-20-25-41-29-23-21-28(22-24-29)34(40)42-27-31(37)33(39)32(38)30(36)26-35/h21-24,30-33,35-39H,2-20,25-27H2,1H3/t30-,31+,32+,33+/m0/s1. The molecule has 0 aromatic heterocycles. The third-order valence-electron chi connectivity index (χ3n) is 7.82. The zero-order valence-electron chi connectivity index (χ0n) is 26.1. The van der Waals surface area contributed by atoms with Gasteiger partial charge in [0, 0.05) is 0 Å². The topological polar surface area (TPSA) is 137 Å². The molecule has 0 aliphatic carbocycles. The van der Waals surface area contributed by atoms with Crippen LogP contribution in [0.1, 0.15) is 139 Å². The summed E-state index contributed by atoms with van der Waals surface area (Å²) in [6, 6.07) is 6.47. The minimum absolute atomic E-state index is 0.253. The maximum atomic E-state index is 12.2. The van der Waals surface area contributed by atoms with Crippen LogP contribution in [0.15, 0.2) is 24.3 Å². The molecule has 0 saturated heterocycles. The Morgan fingerprint density at radius 1 is 0.619 bits per heavy atom. The molecule has 244 valence electrons. The molecular weight excluding hydrogens is 536 g/mol. The molecule has 0 fully saturated rings. The number of unbranched alkanes of at least 4 members (excludes halogenated alkanes) is 18. The second-order valence-corrected chi connectivity index (χ2v) is 11.6. The first kappa shape index (κ1) is 38.3. The molecule has 1 rings (SSSR count). The molecule has 0 saturated carbocycles. The number of hydrogen-bond donors (Lipinski definition) is 5. The van der Waals surface area contributed by atoms with Crippen LogP contribution in [0.4, 0.5) is 0 Å². The zero-order chi connectivity index (χ0) is 30.8. The molecule has 8 heteroatoms. The predicted octanol–water partition coefficient (Wildman–Crippen LogP) is 6.09. The number of esters is 1. The largest absolute Gasteiger partial charge is 0.494 e. The number of carbonyl (C=O) groups is 1. The Hall–Kier alpha value is -1.71. The van der Waals surface area contributed by atoms with Crippen molar-refractivity contribution in [3.63, 3.8) is 0 Å². The molecule has 0 radical (unpaired) electrons. The van der Waals surface area contributed by atoms with Gasteiger partial charge in [-0.3, -0.25) is 0 Å². The van der Waals surface area contributed by atoms with Gasteiger partial charge in [-0.15, -0.1) is 0 Å². The number of carbonyl (C=O) groups excluding carboxylic acids is 1. The lowest BCUT2D eigenvalue weighted by molar-refractivity contribution is -0.124. The maximum Gasteiger partial charge on any atom is 0.338 e. The van der Waals surface area contributed by atoms with Gasteiger partial charge in [-0.05, 0) is 30.7 Å². The summed E-state index contributed by atoms with van der Waals surface area (Å²) < 4.78 is 10.7. The second kappa shape index (κ2) is 25.8. The molecule has 1 aromatic rings. The van der Waals surface area contributed by atoms with Gasteiger partial charge in [-0.1, -0.05) is 122 Å². The van der Waals surface area contributed by atoms with Gasteiger partial charge in [0.25, 0.3) is 0 Å². The molecule has 0 amide bonds. The molecule has 8 nitrogen and oxygen atoms in total. The van der Waals surface area contributed by atoms with Gasteiger partial charge in [-0.2, -0.15) is 0 Å². The van der Waals surface area contributed by atoms with E-state index in [4.69, 9.17) is 14.6 Å². The normalized spacial score (nSPS) is 14.3. The highest BCUT2D eigenvalue weighted by Gasteiger charge is 2.30. The average Bonchev–Trinajstić information content (AvgIpc) is 3.01. The Balaban J connectivity index is 1.97. The second-order valence-electron chi connectivity index (χ2n) is 11.6. The molecule has 1 aromatic carbocycles. The number of aliphatic hydroxyl groups is 5. The lowest BCUT2D eigenvalue weighted by Crippen LogP contribution is -2.47. The van der Waals surface area contributed by atoms with Crippen molar-refractivity contribution in [2.75, 3.05) is 19.8 Å². The Kier molecular flexibility index (Phi) is 23.5. The lowest BCUT2D eigenvalue weighted by Gasteiger charge is -2.25. The highest BCUT2D eigenvalue weighted by molar-refractivity contribution is 5.89. The Morgan fingerprint density at radius 2 is 1.02 bits per heavy atom. The summed E-state index contributed by atoms with van der Waals surface area (Å²) >= 11 is 0. The van der Waals surface area contributed by atoms with E-state index in [1.54, 1.807) is 24.3 Å². The Morgan fingerprint density at radius 3 is 1.45 bits per heavy atom. The number of rotatable bonds is 28. The van der Waals surface area contributed by atoms with E-state index in [9.17, 15) is 25.2 Å². The fourth-order valence-corrected chi connectivity index (χ4v) is 4.96. The van der Waals surface area contributed by atoms with Crippen molar-refractivity contribution in [1.29, 1.82) is 0 Å².